The van der Waals surface area contributed by atoms with E-state index in [4.69, 9.17) is 0 Å². The molecule has 1 aromatic carbocycles. The van der Waals surface area contributed by atoms with Gasteiger partial charge in [-0.1, -0.05) is 57.8 Å². The Labute approximate surface area is 191 Å². The summed E-state index contributed by atoms with van der Waals surface area (Å²) in [6.07, 6.45) is 16.7. The first kappa shape index (κ1) is 21.7. The van der Waals surface area contributed by atoms with Gasteiger partial charge in [0.25, 0.3) is 17.7 Å². The van der Waals surface area contributed by atoms with E-state index in [2.05, 4.69) is 4.90 Å². The number of nitrogens with zero attached hydrogens (tertiary/aromatic N) is 2. The molecule has 5 rings (SSSR count). The second-order valence-electron chi connectivity index (χ2n) is 10.3. The maximum absolute atomic E-state index is 13.8. The van der Waals surface area contributed by atoms with Crippen LogP contribution in [0.15, 0.2) is 18.2 Å². The maximum atomic E-state index is 13.8. The number of carbonyl (C=O) groups is 3. The summed E-state index contributed by atoms with van der Waals surface area (Å²) in [7, 11) is 0. The quantitative estimate of drug-likeness (QED) is 0.567. The van der Waals surface area contributed by atoms with Crippen LogP contribution in [0.5, 0.6) is 0 Å². The van der Waals surface area contributed by atoms with Gasteiger partial charge in [0.1, 0.15) is 0 Å². The SMILES string of the molecule is O=C1c2ccc(C(=O)N(C3CCCCC3)C3CCCCC3)cc2C(=O)N1C1CCCCC1. The van der Waals surface area contributed by atoms with Crippen molar-refractivity contribution in [2.24, 2.45) is 0 Å². The Balaban J connectivity index is 1.42. The Morgan fingerprint density at radius 2 is 1.19 bits per heavy atom. The van der Waals surface area contributed by atoms with Gasteiger partial charge < -0.3 is 4.90 Å². The van der Waals surface area contributed by atoms with Crippen molar-refractivity contribution in [2.75, 3.05) is 0 Å². The van der Waals surface area contributed by atoms with Gasteiger partial charge in [-0.15, -0.1) is 0 Å². The van der Waals surface area contributed by atoms with Crippen LogP contribution in [-0.2, 0) is 0 Å². The second kappa shape index (κ2) is 9.36. The van der Waals surface area contributed by atoms with Crippen LogP contribution in [0.1, 0.15) is 127 Å². The lowest BCUT2D eigenvalue weighted by Crippen LogP contribution is -2.48. The zero-order valence-corrected chi connectivity index (χ0v) is 19.2. The van der Waals surface area contributed by atoms with Crippen LogP contribution < -0.4 is 0 Å². The topological polar surface area (TPSA) is 57.7 Å². The number of rotatable bonds is 4. The first-order chi connectivity index (χ1) is 15.6. The largest absolute Gasteiger partial charge is 0.333 e. The minimum atomic E-state index is -0.201. The maximum Gasteiger partial charge on any atom is 0.261 e. The van der Waals surface area contributed by atoms with Crippen LogP contribution in [0.4, 0.5) is 0 Å². The Kier molecular flexibility index (Phi) is 6.34. The minimum absolute atomic E-state index is 0.0104. The number of benzene rings is 1. The van der Waals surface area contributed by atoms with Gasteiger partial charge in [-0.3, -0.25) is 19.3 Å². The molecule has 4 aliphatic rings. The number of fused-ring (bicyclic) bond motifs is 1. The summed E-state index contributed by atoms with van der Waals surface area (Å²) in [6, 6.07) is 5.86. The van der Waals surface area contributed by atoms with Crippen molar-refractivity contribution in [2.45, 2.75) is 114 Å². The Hall–Kier alpha value is -2.17. The zero-order chi connectivity index (χ0) is 22.1. The Bertz CT molecular complexity index is 859. The van der Waals surface area contributed by atoms with Gasteiger partial charge in [-0.25, -0.2) is 0 Å². The van der Waals surface area contributed by atoms with E-state index < -0.39 is 0 Å². The molecule has 0 saturated heterocycles. The van der Waals surface area contributed by atoms with Gasteiger partial charge >= 0.3 is 0 Å². The van der Waals surface area contributed by atoms with Gasteiger partial charge in [0.2, 0.25) is 0 Å². The monoisotopic (exact) mass is 436 g/mol. The molecule has 0 bridgehead atoms. The summed E-state index contributed by atoms with van der Waals surface area (Å²) in [5.74, 6) is -0.316. The van der Waals surface area contributed by atoms with Gasteiger partial charge in [0.05, 0.1) is 11.1 Å². The molecule has 3 amide bonds. The third-order valence-corrected chi connectivity index (χ3v) is 8.28. The molecule has 0 aromatic heterocycles. The minimum Gasteiger partial charge on any atom is -0.333 e. The van der Waals surface area contributed by atoms with E-state index in [9.17, 15) is 14.4 Å². The molecule has 32 heavy (non-hydrogen) atoms. The lowest BCUT2D eigenvalue weighted by atomic mass is 9.88. The number of amides is 3. The van der Waals surface area contributed by atoms with Crippen molar-refractivity contribution < 1.29 is 14.4 Å². The number of hydrogen-bond donors (Lipinski definition) is 0. The molecule has 3 aliphatic carbocycles. The third kappa shape index (κ3) is 3.99. The van der Waals surface area contributed by atoms with Crippen LogP contribution in [-0.4, -0.2) is 45.6 Å². The molecule has 5 nitrogen and oxygen atoms in total. The summed E-state index contributed by atoms with van der Waals surface area (Å²) < 4.78 is 0. The standard InChI is InChI=1S/C27H36N2O3/c30-25(28(20-10-4-1-5-11-20)21-12-6-2-7-13-21)19-16-17-23-24(18-19)27(32)29(26(23)31)22-14-8-3-9-15-22/h16-18,20-22H,1-15H2. The van der Waals surface area contributed by atoms with Gasteiger partial charge in [0.15, 0.2) is 0 Å². The summed E-state index contributed by atoms with van der Waals surface area (Å²) in [5, 5.41) is 0. The molecule has 5 heteroatoms. The van der Waals surface area contributed by atoms with Crippen LogP contribution >= 0.6 is 0 Å². The van der Waals surface area contributed by atoms with E-state index in [1.807, 2.05) is 0 Å². The average molecular weight is 437 g/mol. The Morgan fingerprint density at radius 1 is 0.688 bits per heavy atom. The fraction of sp³-hybridized carbons (Fsp3) is 0.667. The summed E-state index contributed by atoms with van der Waals surface area (Å²) >= 11 is 0. The summed E-state index contributed by atoms with van der Waals surface area (Å²) in [5.41, 5.74) is 1.48. The van der Waals surface area contributed by atoms with Crippen molar-refractivity contribution in [1.29, 1.82) is 0 Å². The molecule has 0 unspecified atom stereocenters. The van der Waals surface area contributed by atoms with Crippen molar-refractivity contribution in [3.63, 3.8) is 0 Å². The van der Waals surface area contributed by atoms with Crippen molar-refractivity contribution >= 4 is 17.7 Å². The van der Waals surface area contributed by atoms with Crippen LogP contribution in [0, 0.1) is 0 Å². The summed E-state index contributed by atoms with van der Waals surface area (Å²) in [4.78, 5) is 43.8. The van der Waals surface area contributed by atoms with Crippen LogP contribution in [0.25, 0.3) is 0 Å². The average Bonchev–Trinajstić information content (AvgIpc) is 3.10. The van der Waals surface area contributed by atoms with Crippen molar-refractivity contribution in [1.82, 2.24) is 9.80 Å². The number of hydrogen-bond acceptors (Lipinski definition) is 3. The molecule has 0 spiro atoms. The van der Waals surface area contributed by atoms with E-state index in [1.165, 1.54) is 49.8 Å². The van der Waals surface area contributed by atoms with Crippen LogP contribution in [0.2, 0.25) is 0 Å². The normalized spacial score (nSPS) is 23.4. The smallest absolute Gasteiger partial charge is 0.261 e. The molecule has 3 fully saturated rings. The molecule has 1 aliphatic heterocycles. The van der Waals surface area contributed by atoms with Gasteiger partial charge in [-0.2, -0.15) is 0 Å². The lowest BCUT2D eigenvalue weighted by molar-refractivity contribution is 0.0448. The molecular formula is C27H36N2O3. The second-order valence-corrected chi connectivity index (χ2v) is 10.3. The molecular weight excluding hydrogens is 400 g/mol. The summed E-state index contributed by atoms with van der Waals surface area (Å²) in [6.45, 7) is 0. The Morgan fingerprint density at radius 3 is 1.75 bits per heavy atom. The third-order valence-electron chi connectivity index (χ3n) is 8.28. The lowest BCUT2D eigenvalue weighted by Gasteiger charge is -2.42. The number of carbonyl (C=O) groups excluding carboxylic acids is 3. The molecule has 1 aromatic rings. The van der Waals surface area contributed by atoms with E-state index >= 15 is 0 Å². The highest BCUT2D eigenvalue weighted by molar-refractivity contribution is 6.22. The van der Waals surface area contributed by atoms with E-state index in [0.29, 0.717) is 28.8 Å². The van der Waals surface area contributed by atoms with E-state index in [1.54, 1.807) is 18.2 Å². The molecule has 0 atom stereocenters. The highest BCUT2D eigenvalue weighted by atomic mass is 16.2. The number of imide groups is 1. The predicted molar refractivity (Wildman–Crippen MR) is 124 cm³/mol. The highest BCUT2D eigenvalue weighted by Crippen LogP contribution is 2.34. The fourth-order valence-electron chi connectivity index (χ4n) is 6.56. The molecule has 0 radical (unpaired) electrons. The molecule has 1 heterocycles. The van der Waals surface area contributed by atoms with E-state index in [-0.39, 0.29) is 23.8 Å². The first-order valence-electron chi connectivity index (χ1n) is 13.0. The highest BCUT2D eigenvalue weighted by Gasteiger charge is 2.41. The zero-order valence-electron chi connectivity index (χ0n) is 19.2. The van der Waals surface area contributed by atoms with E-state index in [0.717, 1.165) is 51.4 Å². The molecule has 172 valence electrons. The predicted octanol–water partition coefficient (Wildman–Crippen LogP) is 5.72. The fourth-order valence-corrected chi connectivity index (χ4v) is 6.56. The van der Waals surface area contributed by atoms with Crippen molar-refractivity contribution in [3.05, 3.63) is 34.9 Å². The van der Waals surface area contributed by atoms with Gasteiger partial charge in [-0.05, 0) is 56.7 Å². The molecule has 0 N–H and O–H groups in total. The first-order valence-corrected chi connectivity index (χ1v) is 13.0. The molecule has 3 saturated carbocycles. The van der Waals surface area contributed by atoms with Crippen molar-refractivity contribution in [3.8, 4) is 0 Å². The van der Waals surface area contributed by atoms with Gasteiger partial charge in [0, 0.05) is 23.7 Å². The van der Waals surface area contributed by atoms with Crippen LogP contribution in [0.3, 0.4) is 0 Å².